The van der Waals surface area contributed by atoms with E-state index < -0.39 is 0 Å². The van der Waals surface area contributed by atoms with Crippen LogP contribution in [-0.2, 0) is 6.54 Å². The number of rotatable bonds is 5. The van der Waals surface area contributed by atoms with Crippen molar-refractivity contribution in [1.29, 1.82) is 0 Å². The standard InChI is InChI=1S/C16H19NO2/c1-12-4-6-16(7-5-12)19-9-8-17-13(2)10-15(11-18)14(17)3/h4-7,10-11H,8-9H2,1-3H3. The lowest BCUT2D eigenvalue weighted by molar-refractivity contribution is 0.112. The summed E-state index contributed by atoms with van der Waals surface area (Å²) in [4.78, 5) is 10.9. The quantitative estimate of drug-likeness (QED) is 0.769. The topological polar surface area (TPSA) is 31.2 Å². The molecule has 0 unspecified atom stereocenters. The van der Waals surface area contributed by atoms with E-state index in [9.17, 15) is 4.79 Å². The largest absolute Gasteiger partial charge is 0.492 e. The summed E-state index contributed by atoms with van der Waals surface area (Å²) in [6, 6.07) is 9.93. The summed E-state index contributed by atoms with van der Waals surface area (Å²) < 4.78 is 7.82. The zero-order valence-corrected chi connectivity index (χ0v) is 11.6. The van der Waals surface area contributed by atoms with E-state index in [1.807, 2.05) is 44.2 Å². The Bertz CT molecular complexity index is 567. The smallest absolute Gasteiger partial charge is 0.151 e. The molecule has 0 aliphatic rings. The zero-order valence-electron chi connectivity index (χ0n) is 11.6. The summed E-state index contributed by atoms with van der Waals surface area (Å²) in [5, 5.41) is 0. The van der Waals surface area contributed by atoms with Crippen molar-refractivity contribution in [3.8, 4) is 5.75 Å². The molecule has 100 valence electrons. The first-order chi connectivity index (χ1) is 9.11. The van der Waals surface area contributed by atoms with Gasteiger partial charge in [0.25, 0.3) is 0 Å². The number of carbonyl (C=O) groups excluding carboxylic acids is 1. The first kappa shape index (κ1) is 13.4. The SMILES string of the molecule is Cc1ccc(OCCn2c(C)cc(C=O)c2C)cc1. The number of benzene rings is 1. The van der Waals surface area contributed by atoms with Crippen LogP contribution in [0.15, 0.2) is 30.3 Å². The summed E-state index contributed by atoms with van der Waals surface area (Å²) in [5.74, 6) is 0.878. The molecule has 0 saturated carbocycles. The maximum atomic E-state index is 10.9. The van der Waals surface area contributed by atoms with Crippen LogP contribution in [0.2, 0.25) is 0 Å². The summed E-state index contributed by atoms with van der Waals surface area (Å²) in [6.07, 6.45) is 0.902. The molecule has 0 fully saturated rings. The van der Waals surface area contributed by atoms with E-state index in [2.05, 4.69) is 11.5 Å². The Hall–Kier alpha value is -2.03. The molecule has 3 heteroatoms. The van der Waals surface area contributed by atoms with E-state index in [1.165, 1.54) is 5.56 Å². The second-order valence-electron chi connectivity index (χ2n) is 4.76. The molecule has 0 spiro atoms. The zero-order chi connectivity index (χ0) is 13.8. The van der Waals surface area contributed by atoms with Crippen molar-refractivity contribution in [2.75, 3.05) is 6.61 Å². The van der Waals surface area contributed by atoms with Crippen LogP contribution in [0.5, 0.6) is 5.75 Å². The monoisotopic (exact) mass is 257 g/mol. The van der Waals surface area contributed by atoms with Crippen molar-refractivity contribution in [3.05, 3.63) is 52.8 Å². The molecular formula is C16H19NO2. The van der Waals surface area contributed by atoms with Crippen molar-refractivity contribution in [1.82, 2.24) is 4.57 Å². The molecule has 1 aromatic heterocycles. The van der Waals surface area contributed by atoms with E-state index in [4.69, 9.17) is 4.74 Å². The Kier molecular flexibility index (Phi) is 4.05. The van der Waals surface area contributed by atoms with Gasteiger partial charge in [-0.1, -0.05) is 17.7 Å². The Balaban J connectivity index is 1.97. The molecule has 3 nitrogen and oxygen atoms in total. The van der Waals surface area contributed by atoms with Gasteiger partial charge < -0.3 is 9.30 Å². The summed E-state index contributed by atoms with van der Waals surface area (Å²) >= 11 is 0. The Morgan fingerprint density at radius 2 is 1.84 bits per heavy atom. The Morgan fingerprint density at radius 1 is 1.16 bits per heavy atom. The summed E-state index contributed by atoms with van der Waals surface area (Å²) in [5.41, 5.74) is 4.07. The van der Waals surface area contributed by atoms with Crippen molar-refractivity contribution < 1.29 is 9.53 Å². The second kappa shape index (κ2) is 5.74. The van der Waals surface area contributed by atoms with Crippen LogP contribution in [0, 0.1) is 20.8 Å². The molecule has 0 radical (unpaired) electrons. The molecule has 0 N–H and O–H groups in total. The van der Waals surface area contributed by atoms with Gasteiger partial charge in [0.2, 0.25) is 0 Å². The van der Waals surface area contributed by atoms with Gasteiger partial charge in [-0.15, -0.1) is 0 Å². The lowest BCUT2D eigenvalue weighted by Gasteiger charge is -2.11. The number of hydrogen-bond donors (Lipinski definition) is 0. The second-order valence-corrected chi connectivity index (χ2v) is 4.76. The summed E-state index contributed by atoms with van der Waals surface area (Å²) in [6.45, 7) is 7.36. The molecule has 2 aromatic rings. The van der Waals surface area contributed by atoms with Crippen molar-refractivity contribution in [2.24, 2.45) is 0 Å². The Morgan fingerprint density at radius 3 is 2.42 bits per heavy atom. The number of ether oxygens (including phenoxy) is 1. The fourth-order valence-corrected chi connectivity index (χ4v) is 2.18. The number of aldehydes is 1. The maximum absolute atomic E-state index is 10.9. The van der Waals surface area contributed by atoms with Gasteiger partial charge in [-0.05, 0) is 39.0 Å². The van der Waals surface area contributed by atoms with Gasteiger partial charge in [0.1, 0.15) is 12.4 Å². The predicted octanol–water partition coefficient (Wildman–Crippen LogP) is 3.30. The highest BCUT2D eigenvalue weighted by Gasteiger charge is 2.07. The average molecular weight is 257 g/mol. The third-order valence-electron chi connectivity index (χ3n) is 3.34. The highest BCUT2D eigenvalue weighted by molar-refractivity contribution is 5.77. The molecule has 1 heterocycles. The highest BCUT2D eigenvalue weighted by atomic mass is 16.5. The van der Waals surface area contributed by atoms with Gasteiger partial charge in [-0.2, -0.15) is 0 Å². The molecule has 0 amide bonds. The van der Waals surface area contributed by atoms with Gasteiger partial charge in [-0.25, -0.2) is 0 Å². The molecule has 0 aliphatic heterocycles. The number of carbonyl (C=O) groups is 1. The minimum Gasteiger partial charge on any atom is -0.492 e. The minimum atomic E-state index is 0.595. The number of nitrogens with zero attached hydrogens (tertiary/aromatic N) is 1. The first-order valence-corrected chi connectivity index (χ1v) is 6.43. The molecule has 1 aromatic carbocycles. The molecule has 0 saturated heterocycles. The van der Waals surface area contributed by atoms with E-state index >= 15 is 0 Å². The van der Waals surface area contributed by atoms with Gasteiger partial charge >= 0.3 is 0 Å². The van der Waals surface area contributed by atoms with Crippen molar-refractivity contribution in [2.45, 2.75) is 27.3 Å². The van der Waals surface area contributed by atoms with Gasteiger partial charge in [0.15, 0.2) is 6.29 Å². The van der Waals surface area contributed by atoms with Crippen LogP contribution in [0.1, 0.15) is 27.3 Å². The van der Waals surface area contributed by atoms with E-state index in [0.717, 1.165) is 35.5 Å². The lowest BCUT2D eigenvalue weighted by atomic mass is 10.2. The number of aromatic nitrogens is 1. The number of aryl methyl sites for hydroxylation is 2. The van der Waals surface area contributed by atoms with Crippen LogP contribution in [0.3, 0.4) is 0 Å². The van der Waals surface area contributed by atoms with E-state index in [-0.39, 0.29) is 0 Å². The maximum Gasteiger partial charge on any atom is 0.151 e. The summed E-state index contributed by atoms with van der Waals surface area (Å²) in [7, 11) is 0. The highest BCUT2D eigenvalue weighted by Crippen LogP contribution is 2.14. The van der Waals surface area contributed by atoms with Crippen LogP contribution in [0.25, 0.3) is 0 Å². The van der Waals surface area contributed by atoms with Gasteiger partial charge in [0.05, 0.1) is 6.54 Å². The van der Waals surface area contributed by atoms with Crippen LogP contribution >= 0.6 is 0 Å². The van der Waals surface area contributed by atoms with Crippen molar-refractivity contribution in [3.63, 3.8) is 0 Å². The first-order valence-electron chi connectivity index (χ1n) is 6.43. The van der Waals surface area contributed by atoms with Crippen molar-refractivity contribution >= 4 is 6.29 Å². The van der Waals surface area contributed by atoms with Crippen LogP contribution < -0.4 is 4.74 Å². The molecule has 0 atom stereocenters. The molecule has 0 bridgehead atoms. The fraction of sp³-hybridized carbons (Fsp3) is 0.312. The van der Waals surface area contributed by atoms with Crippen LogP contribution in [0.4, 0.5) is 0 Å². The normalized spacial score (nSPS) is 10.5. The van der Waals surface area contributed by atoms with Gasteiger partial charge in [0, 0.05) is 17.0 Å². The minimum absolute atomic E-state index is 0.595. The molecule has 2 rings (SSSR count). The third-order valence-corrected chi connectivity index (χ3v) is 3.34. The number of hydrogen-bond acceptors (Lipinski definition) is 2. The predicted molar refractivity (Wildman–Crippen MR) is 76.0 cm³/mol. The molecule has 0 aliphatic carbocycles. The Labute approximate surface area is 113 Å². The molecular weight excluding hydrogens is 238 g/mol. The van der Waals surface area contributed by atoms with E-state index in [1.54, 1.807) is 0 Å². The van der Waals surface area contributed by atoms with E-state index in [0.29, 0.717) is 6.61 Å². The van der Waals surface area contributed by atoms with Crippen LogP contribution in [-0.4, -0.2) is 17.5 Å². The van der Waals surface area contributed by atoms with Gasteiger partial charge in [-0.3, -0.25) is 4.79 Å². The fourth-order valence-electron chi connectivity index (χ4n) is 2.18. The third kappa shape index (κ3) is 3.05. The molecule has 19 heavy (non-hydrogen) atoms. The lowest BCUT2D eigenvalue weighted by Crippen LogP contribution is -2.11. The average Bonchev–Trinajstić information content (AvgIpc) is 2.68.